The Morgan fingerprint density at radius 1 is 1.25 bits per heavy atom. The summed E-state index contributed by atoms with van der Waals surface area (Å²) < 4.78 is 57.1. The molecular formula is C14H12F2N4O3S. The number of hydrogen-bond acceptors (Lipinski definition) is 5. The molecule has 3 rings (SSSR count). The van der Waals surface area contributed by atoms with Crippen LogP contribution in [0.2, 0.25) is 0 Å². The van der Waals surface area contributed by atoms with Gasteiger partial charge in [0.2, 0.25) is 15.9 Å². The summed E-state index contributed by atoms with van der Waals surface area (Å²) in [5, 5.41) is 4.89. The van der Waals surface area contributed by atoms with E-state index in [1.165, 1.54) is 18.0 Å². The Morgan fingerprint density at radius 3 is 2.50 bits per heavy atom. The molecule has 0 atom stereocenters. The fraction of sp³-hybridized carbons (Fsp3) is 0.143. The number of aromatic nitrogens is 3. The zero-order valence-electron chi connectivity index (χ0n) is 12.4. The zero-order valence-corrected chi connectivity index (χ0v) is 13.2. The van der Waals surface area contributed by atoms with Gasteiger partial charge < -0.3 is 9.30 Å². The summed E-state index contributed by atoms with van der Waals surface area (Å²) in [6.45, 7) is -0.187. The summed E-state index contributed by atoms with van der Waals surface area (Å²) in [6, 6.07) is 4.63. The van der Waals surface area contributed by atoms with Crippen molar-refractivity contribution in [3.8, 4) is 5.88 Å². The predicted molar refractivity (Wildman–Crippen MR) is 80.9 cm³/mol. The number of sulfonamides is 1. The largest absolute Gasteiger partial charge is 0.481 e. The molecule has 2 N–H and O–H groups in total. The fourth-order valence-electron chi connectivity index (χ4n) is 2.23. The van der Waals surface area contributed by atoms with Gasteiger partial charge in [-0.2, -0.15) is 4.98 Å². The van der Waals surface area contributed by atoms with E-state index in [9.17, 15) is 17.2 Å². The van der Waals surface area contributed by atoms with Crippen molar-refractivity contribution in [1.29, 1.82) is 0 Å². The summed E-state index contributed by atoms with van der Waals surface area (Å²) in [5.74, 6) is -1.66. The number of hydrogen-bond donors (Lipinski definition) is 1. The molecule has 10 heteroatoms. The van der Waals surface area contributed by atoms with Crippen molar-refractivity contribution in [2.75, 3.05) is 7.11 Å². The maximum absolute atomic E-state index is 14.1. The van der Waals surface area contributed by atoms with Gasteiger partial charge in [-0.15, -0.1) is 0 Å². The molecule has 0 saturated heterocycles. The molecule has 0 fully saturated rings. The number of pyridine rings is 1. The molecule has 2 heterocycles. The van der Waals surface area contributed by atoms with E-state index in [0.29, 0.717) is 29.2 Å². The van der Waals surface area contributed by atoms with Crippen LogP contribution in [0.1, 0.15) is 5.56 Å². The Balaban J connectivity index is 2.03. The highest BCUT2D eigenvalue weighted by atomic mass is 32.2. The number of imidazole rings is 1. The van der Waals surface area contributed by atoms with E-state index in [-0.39, 0.29) is 12.1 Å². The van der Waals surface area contributed by atoms with Gasteiger partial charge >= 0.3 is 0 Å². The lowest BCUT2D eigenvalue weighted by Gasteiger charge is -2.09. The summed E-state index contributed by atoms with van der Waals surface area (Å²) >= 11 is 0. The van der Waals surface area contributed by atoms with E-state index in [0.717, 1.165) is 0 Å². The lowest BCUT2D eigenvalue weighted by molar-refractivity contribution is 0.399. The summed E-state index contributed by atoms with van der Waals surface area (Å²) in [7, 11) is -2.73. The molecule has 1 aromatic carbocycles. The molecule has 0 aliphatic heterocycles. The number of primary sulfonamides is 1. The van der Waals surface area contributed by atoms with Crippen LogP contribution in [-0.4, -0.2) is 30.1 Å². The second-order valence-electron chi connectivity index (χ2n) is 4.98. The Morgan fingerprint density at radius 2 is 1.92 bits per heavy atom. The topological polar surface area (TPSA) is 100 Å². The van der Waals surface area contributed by atoms with Crippen molar-refractivity contribution < 1.29 is 21.9 Å². The van der Waals surface area contributed by atoms with Crippen molar-refractivity contribution in [2.45, 2.75) is 11.4 Å². The molecule has 24 heavy (non-hydrogen) atoms. The molecule has 126 valence electrons. The zero-order chi connectivity index (χ0) is 17.5. The van der Waals surface area contributed by atoms with Crippen LogP contribution < -0.4 is 9.88 Å². The van der Waals surface area contributed by atoms with Crippen molar-refractivity contribution in [2.24, 2.45) is 5.14 Å². The molecule has 2 aromatic heterocycles. The minimum atomic E-state index is -4.19. The van der Waals surface area contributed by atoms with E-state index in [1.54, 1.807) is 12.1 Å². The third-order valence-corrected chi connectivity index (χ3v) is 4.33. The molecule has 0 bridgehead atoms. The van der Waals surface area contributed by atoms with E-state index in [1.807, 2.05) is 0 Å². The van der Waals surface area contributed by atoms with Crippen molar-refractivity contribution in [3.05, 3.63) is 47.8 Å². The van der Waals surface area contributed by atoms with Gasteiger partial charge in [0.05, 0.1) is 30.4 Å². The van der Waals surface area contributed by atoms with Gasteiger partial charge in [0, 0.05) is 11.6 Å². The SMILES string of the molecule is COc1ccc2c(ncn2Cc2c(F)cc(S(N)(=O)=O)cc2F)n1. The minimum absolute atomic E-state index is 0.187. The Labute approximate surface area is 135 Å². The first-order valence-corrected chi connectivity index (χ1v) is 8.21. The van der Waals surface area contributed by atoms with Gasteiger partial charge in [-0.05, 0) is 18.2 Å². The fourth-order valence-corrected chi connectivity index (χ4v) is 2.77. The number of nitrogens with two attached hydrogens (primary N) is 1. The first-order chi connectivity index (χ1) is 11.3. The lowest BCUT2D eigenvalue weighted by Crippen LogP contribution is -2.14. The monoisotopic (exact) mass is 354 g/mol. The van der Waals surface area contributed by atoms with Gasteiger partial charge in [0.1, 0.15) is 11.6 Å². The number of halogens is 2. The number of ether oxygens (including phenoxy) is 1. The van der Waals surface area contributed by atoms with Gasteiger partial charge in [0.25, 0.3) is 0 Å². The molecule has 0 unspecified atom stereocenters. The smallest absolute Gasteiger partial charge is 0.238 e. The molecule has 0 radical (unpaired) electrons. The molecular weight excluding hydrogens is 342 g/mol. The standard InChI is InChI=1S/C14H12F2N4O3S/c1-23-13-3-2-12-14(19-13)18-7-20(12)6-9-10(15)4-8(5-11(9)16)24(17,21)22/h2-5,7H,6H2,1H3,(H2,17,21,22). The van der Waals surface area contributed by atoms with Gasteiger partial charge in [-0.1, -0.05) is 0 Å². The Kier molecular flexibility index (Phi) is 3.93. The number of methoxy groups -OCH3 is 1. The average molecular weight is 354 g/mol. The van der Waals surface area contributed by atoms with Crippen LogP contribution in [0.15, 0.2) is 35.5 Å². The first kappa shape index (κ1) is 16.3. The molecule has 0 aliphatic rings. The second kappa shape index (κ2) is 5.80. The van der Waals surface area contributed by atoms with Crippen LogP contribution in [0.25, 0.3) is 11.2 Å². The normalized spacial score (nSPS) is 11.8. The van der Waals surface area contributed by atoms with E-state index in [4.69, 9.17) is 9.88 Å². The molecule has 0 aliphatic carbocycles. The van der Waals surface area contributed by atoms with E-state index < -0.39 is 26.6 Å². The highest BCUT2D eigenvalue weighted by molar-refractivity contribution is 7.89. The second-order valence-corrected chi connectivity index (χ2v) is 6.54. The van der Waals surface area contributed by atoms with Crippen LogP contribution in [0.4, 0.5) is 8.78 Å². The summed E-state index contributed by atoms with van der Waals surface area (Å²) in [6.07, 6.45) is 1.38. The number of nitrogens with zero attached hydrogens (tertiary/aromatic N) is 3. The van der Waals surface area contributed by atoms with E-state index in [2.05, 4.69) is 9.97 Å². The predicted octanol–water partition coefficient (Wildman–Crippen LogP) is 1.41. The van der Waals surface area contributed by atoms with Gasteiger partial charge in [-0.25, -0.2) is 27.3 Å². The van der Waals surface area contributed by atoms with Crippen LogP contribution in [0, 0.1) is 11.6 Å². The summed E-state index contributed by atoms with van der Waals surface area (Å²) in [5.41, 5.74) is 0.596. The number of benzene rings is 1. The average Bonchev–Trinajstić information content (AvgIpc) is 2.91. The lowest BCUT2D eigenvalue weighted by atomic mass is 10.2. The third kappa shape index (κ3) is 2.93. The van der Waals surface area contributed by atoms with E-state index >= 15 is 0 Å². The van der Waals surface area contributed by atoms with Gasteiger partial charge in [0.15, 0.2) is 5.65 Å². The maximum Gasteiger partial charge on any atom is 0.238 e. The number of fused-ring (bicyclic) bond motifs is 1. The third-order valence-electron chi connectivity index (χ3n) is 3.44. The Hall–Kier alpha value is -2.59. The van der Waals surface area contributed by atoms with Crippen LogP contribution in [0.3, 0.4) is 0 Å². The van der Waals surface area contributed by atoms with Crippen LogP contribution >= 0.6 is 0 Å². The molecule has 7 nitrogen and oxygen atoms in total. The van der Waals surface area contributed by atoms with Crippen molar-refractivity contribution in [3.63, 3.8) is 0 Å². The number of rotatable bonds is 4. The maximum atomic E-state index is 14.1. The van der Waals surface area contributed by atoms with Crippen LogP contribution in [-0.2, 0) is 16.6 Å². The van der Waals surface area contributed by atoms with Crippen LogP contribution in [0.5, 0.6) is 5.88 Å². The molecule has 0 spiro atoms. The van der Waals surface area contributed by atoms with Crippen molar-refractivity contribution >= 4 is 21.2 Å². The first-order valence-electron chi connectivity index (χ1n) is 6.66. The Bertz CT molecular complexity index is 1010. The quantitative estimate of drug-likeness (QED) is 0.764. The molecule has 0 amide bonds. The van der Waals surface area contributed by atoms with Gasteiger partial charge in [-0.3, -0.25) is 0 Å². The molecule has 3 aromatic rings. The highest BCUT2D eigenvalue weighted by Gasteiger charge is 2.18. The molecule has 0 saturated carbocycles. The van der Waals surface area contributed by atoms with Crippen molar-refractivity contribution in [1.82, 2.24) is 14.5 Å². The minimum Gasteiger partial charge on any atom is -0.481 e. The summed E-state index contributed by atoms with van der Waals surface area (Å²) in [4.78, 5) is 7.54. The highest BCUT2D eigenvalue weighted by Crippen LogP contribution is 2.22.